The van der Waals surface area contributed by atoms with Crippen LogP contribution in [0.25, 0.3) is 0 Å². The normalized spacial score (nSPS) is 18.5. The molecule has 1 aromatic carbocycles. The number of benzene rings is 1. The first-order chi connectivity index (χ1) is 15.2. The molecule has 4 atom stereocenters. The molecule has 3 amide bonds. The smallest absolute Gasteiger partial charge is 0.326 e. The molecule has 1 fully saturated rings. The van der Waals surface area contributed by atoms with E-state index in [2.05, 4.69) is 10.6 Å². The van der Waals surface area contributed by atoms with E-state index < -0.39 is 35.9 Å². The molecule has 2 rings (SSSR count). The molecule has 176 valence electrons. The Morgan fingerprint density at radius 3 is 2.41 bits per heavy atom. The number of rotatable bonds is 10. The van der Waals surface area contributed by atoms with Crippen LogP contribution in [0.3, 0.4) is 0 Å². The third-order valence-electron chi connectivity index (χ3n) is 5.81. The number of phenols is 1. The zero-order valence-corrected chi connectivity index (χ0v) is 18.4. The maximum absolute atomic E-state index is 13.2. The highest BCUT2D eigenvalue weighted by molar-refractivity contribution is 5.94. The van der Waals surface area contributed by atoms with Gasteiger partial charge in [0.1, 0.15) is 23.9 Å². The lowest BCUT2D eigenvalue weighted by Gasteiger charge is -2.31. The quantitative estimate of drug-likeness (QED) is 0.336. The van der Waals surface area contributed by atoms with Crippen molar-refractivity contribution in [3.05, 3.63) is 29.8 Å². The second-order valence-electron chi connectivity index (χ2n) is 8.09. The Balaban J connectivity index is 2.13. The molecule has 0 radical (unpaired) electrons. The molecular formula is C22H32N4O6. The van der Waals surface area contributed by atoms with Crippen LogP contribution < -0.4 is 16.4 Å². The van der Waals surface area contributed by atoms with Gasteiger partial charge in [-0.3, -0.25) is 14.4 Å². The summed E-state index contributed by atoms with van der Waals surface area (Å²) in [6.45, 7) is 3.83. The number of carboxylic acid groups (broad SMARTS) is 1. The molecule has 4 unspecified atom stereocenters. The molecule has 0 bridgehead atoms. The molecule has 32 heavy (non-hydrogen) atoms. The largest absolute Gasteiger partial charge is 0.508 e. The number of aliphatic carboxylic acids is 1. The Morgan fingerprint density at radius 2 is 1.84 bits per heavy atom. The van der Waals surface area contributed by atoms with Crippen molar-refractivity contribution in [2.45, 2.75) is 57.7 Å². The molecule has 1 heterocycles. The number of aromatic hydroxyl groups is 1. The second kappa shape index (κ2) is 11.5. The van der Waals surface area contributed by atoms with E-state index in [1.807, 2.05) is 13.8 Å². The molecular weight excluding hydrogens is 416 g/mol. The fourth-order valence-electron chi connectivity index (χ4n) is 3.73. The number of carboxylic acids is 1. The average Bonchev–Trinajstić information content (AvgIpc) is 3.27. The number of amides is 3. The summed E-state index contributed by atoms with van der Waals surface area (Å²) in [6.07, 6.45) is 1.67. The molecule has 0 saturated carbocycles. The zero-order valence-electron chi connectivity index (χ0n) is 18.4. The predicted molar refractivity (Wildman–Crippen MR) is 117 cm³/mol. The average molecular weight is 449 g/mol. The van der Waals surface area contributed by atoms with E-state index in [4.69, 9.17) is 5.73 Å². The first-order valence-electron chi connectivity index (χ1n) is 10.8. The van der Waals surface area contributed by atoms with Gasteiger partial charge in [-0.25, -0.2) is 4.79 Å². The van der Waals surface area contributed by atoms with Crippen LogP contribution in [0.1, 0.15) is 38.7 Å². The monoisotopic (exact) mass is 448 g/mol. The van der Waals surface area contributed by atoms with Crippen molar-refractivity contribution in [2.24, 2.45) is 11.7 Å². The second-order valence-corrected chi connectivity index (χ2v) is 8.09. The lowest BCUT2D eigenvalue weighted by Crippen LogP contribution is -2.57. The topological polar surface area (TPSA) is 162 Å². The van der Waals surface area contributed by atoms with Gasteiger partial charge in [0.05, 0.1) is 6.54 Å². The number of nitrogens with two attached hydrogens (primary N) is 1. The van der Waals surface area contributed by atoms with Crippen LogP contribution in [-0.2, 0) is 25.6 Å². The molecule has 10 nitrogen and oxygen atoms in total. The Hall–Kier alpha value is -3.14. The van der Waals surface area contributed by atoms with Gasteiger partial charge in [-0.2, -0.15) is 0 Å². The lowest BCUT2D eigenvalue weighted by atomic mass is 9.97. The summed E-state index contributed by atoms with van der Waals surface area (Å²) in [6, 6.07) is 3.24. The van der Waals surface area contributed by atoms with Gasteiger partial charge in [0.25, 0.3) is 0 Å². The van der Waals surface area contributed by atoms with Gasteiger partial charge < -0.3 is 31.5 Å². The van der Waals surface area contributed by atoms with Crippen LogP contribution in [-0.4, -0.2) is 70.0 Å². The van der Waals surface area contributed by atoms with Crippen molar-refractivity contribution >= 4 is 23.7 Å². The summed E-state index contributed by atoms with van der Waals surface area (Å²) < 4.78 is 0. The molecule has 1 aromatic rings. The van der Waals surface area contributed by atoms with Crippen LogP contribution in [0.2, 0.25) is 0 Å². The van der Waals surface area contributed by atoms with Crippen LogP contribution in [0, 0.1) is 5.92 Å². The third kappa shape index (κ3) is 6.43. The van der Waals surface area contributed by atoms with E-state index in [9.17, 15) is 29.4 Å². The number of nitrogens with one attached hydrogen (secondary N) is 2. The van der Waals surface area contributed by atoms with Crippen LogP contribution in [0.4, 0.5) is 0 Å². The molecule has 10 heteroatoms. The molecule has 0 aromatic heterocycles. The number of hydrogen-bond acceptors (Lipinski definition) is 6. The summed E-state index contributed by atoms with van der Waals surface area (Å²) in [4.78, 5) is 51.1. The van der Waals surface area contributed by atoms with Gasteiger partial charge in [-0.05, 0) is 36.5 Å². The van der Waals surface area contributed by atoms with Gasteiger partial charge in [-0.1, -0.05) is 32.4 Å². The highest BCUT2D eigenvalue weighted by atomic mass is 16.4. The SMILES string of the molecule is CCC(C)C(NC(=O)CN)C(=O)N1CCCC1C(=O)NC(Cc1ccc(O)cc1)C(=O)O. The summed E-state index contributed by atoms with van der Waals surface area (Å²) >= 11 is 0. The minimum absolute atomic E-state index is 0.0318. The third-order valence-corrected chi connectivity index (χ3v) is 5.81. The first-order valence-corrected chi connectivity index (χ1v) is 10.8. The number of hydrogen-bond donors (Lipinski definition) is 5. The highest BCUT2D eigenvalue weighted by Gasteiger charge is 2.40. The Labute approximate surface area is 187 Å². The first kappa shape index (κ1) is 25.1. The van der Waals surface area contributed by atoms with Gasteiger partial charge >= 0.3 is 5.97 Å². The number of phenolic OH excluding ortho intramolecular Hbond substituents is 1. The lowest BCUT2D eigenvalue weighted by molar-refractivity contribution is -0.145. The standard InChI is InChI=1S/C22H32N4O6/c1-3-13(2)19(25-18(28)12-23)21(30)26-10-4-5-17(26)20(29)24-16(22(31)32)11-14-6-8-15(27)9-7-14/h6-9,13,16-17,19,27H,3-5,10-12,23H2,1-2H3,(H,24,29)(H,25,28)(H,31,32). The Morgan fingerprint density at radius 1 is 1.19 bits per heavy atom. The van der Waals surface area contributed by atoms with Gasteiger partial charge in [0.2, 0.25) is 17.7 Å². The van der Waals surface area contributed by atoms with E-state index in [-0.39, 0.29) is 30.5 Å². The van der Waals surface area contributed by atoms with Gasteiger partial charge in [0.15, 0.2) is 0 Å². The van der Waals surface area contributed by atoms with Crippen molar-refractivity contribution in [1.82, 2.24) is 15.5 Å². The molecule has 1 saturated heterocycles. The Bertz CT molecular complexity index is 828. The van der Waals surface area contributed by atoms with Crippen LogP contribution in [0.15, 0.2) is 24.3 Å². The van der Waals surface area contributed by atoms with Crippen molar-refractivity contribution in [2.75, 3.05) is 13.1 Å². The van der Waals surface area contributed by atoms with Crippen molar-refractivity contribution in [3.8, 4) is 5.75 Å². The number of carbonyl (C=O) groups is 4. The maximum Gasteiger partial charge on any atom is 0.326 e. The van der Waals surface area contributed by atoms with E-state index in [0.717, 1.165) is 0 Å². The van der Waals surface area contributed by atoms with Crippen LogP contribution in [0.5, 0.6) is 5.75 Å². The number of likely N-dealkylation sites (tertiary alicyclic amines) is 1. The summed E-state index contributed by atoms with van der Waals surface area (Å²) in [7, 11) is 0. The fraction of sp³-hybridized carbons (Fsp3) is 0.545. The minimum atomic E-state index is -1.20. The van der Waals surface area contributed by atoms with E-state index in [1.165, 1.54) is 17.0 Å². The Kier molecular flexibility index (Phi) is 9.01. The summed E-state index contributed by atoms with van der Waals surface area (Å²) in [5, 5.41) is 24.1. The fourth-order valence-corrected chi connectivity index (χ4v) is 3.73. The molecule has 1 aliphatic rings. The highest BCUT2D eigenvalue weighted by Crippen LogP contribution is 2.22. The number of nitrogens with zero attached hydrogens (tertiary/aromatic N) is 1. The van der Waals surface area contributed by atoms with E-state index in [0.29, 0.717) is 31.4 Å². The zero-order chi connectivity index (χ0) is 23.8. The van der Waals surface area contributed by atoms with E-state index >= 15 is 0 Å². The van der Waals surface area contributed by atoms with Crippen molar-refractivity contribution in [1.29, 1.82) is 0 Å². The van der Waals surface area contributed by atoms with Crippen LogP contribution >= 0.6 is 0 Å². The summed E-state index contributed by atoms with van der Waals surface area (Å²) in [5.41, 5.74) is 6.01. The minimum Gasteiger partial charge on any atom is -0.508 e. The predicted octanol–water partition coefficient (Wildman–Crippen LogP) is -0.0153. The molecule has 1 aliphatic heterocycles. The molecule has 0 spiro atoms. The summed E-state index contributed by atoms with van der Waals surface area (Å²) in [5.74, 6) is -2.68. The molecule has 0 aliphatic carbocycles. The maximum atomic E-state index is 13.2. The van der Waals surface area contributed by atoms with Gasteiger partial charge in [0, 0.05) is 13.0 Å². The molecule has 6 N–H and O–H groups in total. The van der Waals surface area contributed by atoms with Crippen molar-refractivity contribution in [3.63, 3.8) is 0 Å². The van der Waals surface area contributed by atoms with Gasteiger partial charge in [-0.15, -0.1) is 0 Å². The van der Waals surface area contributed by atoms with Crippen molar-refractivity contribution < 1.29 is 29.4 Å². The number of carbonyl (C=O) groups excluding carboxylic acids is 3. The van der Waals surface area contributed by atoms with E-state index in [1.54, 1.807) is 12.1 Å².